The molecule has 1 aromatic carbocycles. The molecule has 1 saturated carbocycles. The minimum absolute atomic E-state index is 0.122. The molecule has 1 heterocycles. The first kappa shape index (κ1) is 12.5. The number of aromatic amines is 1. The summed E-state index contributed by atoms with van der Waals surface area (Å²) in [4.78, 5) is 3.09. The highest BCUT2D eigenvalue weighted by Crippen LogP contribution is 2.48. The van der Waals surface area contributed by atoms with Gasteiger partial charge in [-0.1, -0.05) is 11.6 Å². The highest BCUT2D eigenvalue weighted by molar-refractivity contribution is 8.00. The lowest BCUT2D eigenvalue weighted by molar-refractivity contribution is 0.626. The average Bonchev–Trinajstić information content (AvgIpc) is 3.05. The summed E-state index contributed by atoms with van der Waals surface area (Å²) in [6, 6.07) is 3.05. The van der Waals surface area contributed by atoms with Gasteiger partial charge in [0.2, 0.25) is 0 Å². The third-order valence-corrected chi connectivity index (χ3v) is 5.52. The summed E-state index contributed by atoms with van der Waals surface area (Å²) in [5, 5.41) is 0.122. The van der Waals surface area contributed by atoms with E-state index in [0.29, 0.717) is 4.77 Å². The summed E-state index contributed by atoms with van der Waals surface area (Å²) in [5.74, 6) is -0.402. The number of halogens is 2. The van der Waals surface area contributed by atoms with Gasteiger partial charge in [-0.2, -0.15) is 11.8 Å². The first-order chi connectivity index (χ1) is 8.54. The number of nitrogens with one attached hydrogen (secondary N) is 1. The maximum absolute atomic E-state index is 13.6. The van der Waals surface area contributed by atoms with E-state index in [-0.39, 0.29) is 9.77 Å². The second kappa shape index (κ2) is 4.25. The summed E-state index contributed by atoms with van der Waals surface area (Å²) in [7, 11) is 0. The maximum Gasteiger partial charge on any atom is 0.178 e. The topological polar surface area (TPSA) is 20.7 Å². The zero-order chi connectivity index (χ0) is 12.9. The van der Waals surface area contributed by atoms with Gasteiger partial charge in [-0.3, -0.25) is 0 Å². The maximum atomic E-state index is 13.6. The summed E-state index contributed by atoms with van der Waals surface area (Å²) >= 11 is 13.0. The zero-order valence-corrected chi connectivity index (χ0v) is 12.2. The van der Waals surface area contributed by atoms with Crippen LogP contribution in [0.3, 0.4) is 0 Å². The van der Waals surface area contributed by atoms with Gasteiger partial charge in [0.15, 0.2) is 4.77 Å². The van der Waals surface area contributed by atoms with E-state index < -0.39 is 5.82 Å². The number of thioether (sulfide) groups is 1. The quantitative estimate of drug-likeness (QED) is 0.849. The molecule has 18 heavy (non-hydrogen) atoms. The Morgan fingerprint density at radius 2 is 2.28 bits per heavy atom. The molecule has 0 saturated heterocycles. The van der Waals surface area contributed by atoms with Gasteiger partial charge >= 0.3 is 0 Å². The van der Waals surface area contributed by atoms with Crippen LogP contribution in [0.25, 0.3) is 11.0 Å². The molecular weight excluding hydrogens is 291 g/mol. The monoisotopic (exact) mass is 302 g/mol. The van der Waals surface area contributed by atoms with Crippen LogP contribution in [-0.2, 0) is 6.54 Å². The van der Waals surface area contributed by atoms with Crippen molar-refractivity contribution in [3.8, 4) is 0 Å². The van der Waals surface area contributed by atoms with Gasteiger partial charge in [0.1, 0.15) is 5.82 Å². The molecule has 1 aliphatic rings. The smallest absolute Gasteiger partial charge is 0.178 e. The standard InChI is InChI=1S/C12H12ClFN2S2/c1-18-12(2-3-12)6-16-10-5-8(14)7(13)4-9(10)15-11(16)17/h4-5H,2-3,6H2,1H3,(H,15,17). The molecule has 1 N–H and O–H groups in total. The first-order valence-corrected chi connectivity index (χ1v) is 7.68. The minimum atomic E-state index is -0.402. The van der Waals surface area contributed by atoms with E-state index in [0.717, 1.165) is 17.6 Å². The fraction of sp³-hybridized carbons (Fsp3) is 0.417. The SMILES string of the molecule is CSC1(Cn2c(=S)[nH]c3cc(Cl)c(F)cc32)CC1. The Morgan fingerprint density at radius 1 is 1.56 bits per heavy atom. The fourth-order valence-electron chi connectivity index (χ4n) is 2.16. The van der Waals surface area contributed by atoms with Gasteiger partial charge in [-0.25, -0.2) is 4.39 Å². The number of H-pyrrole nitrogens is 1. The largest absolute Gasteiger partial charge is 0.331 e. The molecule has 1 aromatic heterocycles. The van der Waals surface area contributed by atoms with Gasteiger partial charge in [0.05, 0.1) is 16.1 Å². The predicted molar refractivity (Wildman–Crippen MR) is 77.6 cm³/mol. The number of benzene rings is 1. The third-order valence-electron chi connectivity index (χ3n) is 3.50. The van der Waals surface area contributed by atoms with Crippen molar-refractivity contribution in [1.82, 2.24) is 9.55 Å². The highest BCUT2D eigenvalue weighted by Gasteiger charge is 2.42. The van der Waals surface area contributed by atoms with Crippen molar-refractivity contribution in [2.75, 3.05) is 6.26 Å². The fourth-order valence-corrected chi connectivity index (χ4v) is 3.37. The molecule has 2 nitrogen and oxygen atoms in total. The Morgan fingerprint density at radius 3 is 2.89 bits per heavy atom. The highest BCUT2D eigenvalue weighted by atomic mass is 35.5. The minimum Gasteiger partial charge on any atom is -0.331 e. The first-order valence-electron chi connectivity index (χ1n) is 5.67. The van der Waals surface area contributed by atoms with Crippen molar-refractivity contribution in [2.24, 2.45) is 0 Å². The number of hydrogen-bond acceptors (Lipinski definition) is 2. The van der Waals surface area contributed by atoms with E-state index in [1.54, 1.807) is 6.07 Å². The molecule has 2 aromatic rings. The summed E-state index contributed by atoms with van der Waals surface area (Å²) in [6.07, 6.45) is 4.50. The van der Waals surface area contributed by atoms with Crippen molar-refractivity contribution in [3.05, 3.63) is 27.7 Å². The van der Waals surface area contributed by atoms with E-state index in [2.05, 4.69) is 11.2 Å². The Balaban J connectivity index is 2.13. The molecular formula is C12H12ClFN2S2. The van der Waals surface area contributed by atoms with Crippen LogP contribution in [0.5, 0.6) is 0 Å². The molecule has 96 valence electrons. The lowest BCUT2D eigenvalue weighted by Crippen LogP contribution is -2.13. The average molecular weight is 303 g/mol. The van der Waals surface area contributed by atoms with Crippen LogP contribution in [0.15, 0.2) is 12.1 Å². The summed E-state index contributed by atoms with van der Waals surface area (Å²) < 4.78 is 16.5. The zero-order valence-electron chi connectivity index (χ0n) is 9.80. The van der Waals surface area contributed by atoms with Crippen LogP contribution in [0, 0.1) is 10.6 Å². The molecule has 0 unspecified atom stereocenters. The van der Waals surface area contributed by atoms with Crippen LogP contribution >= 0.6 is 35.6 Å². The van der Waals surface area contributed by atoms with Crippen LogP contribution in [-0.4, -0.2) is 20.6 Å². The van der Waals surface area contributed by atoms with E-state index in [9.17, 15) is 4.39 Å². The number of imidazole rings is 1. The van der Waals surface area contributed by atoms with Gasteiger partial charge < -0.3 is 9.55 Å². The van der Waals surface area contributed by atoms with Crippen LogP contribution < -0.4 is 0 Å². The molecule has 3 rings (SSSR count). The van der Waals surface area contributed by atoms with E-state index in [1.165, 1.54) is 18.9 Å². The second-order valence-corrected chi connectivity index (χ2v) is 6.76. The van der Waals surface area contributed by atoms with Gasteiger partial charge in [-0.15, -0.1) is 0 Å². The van der Waals surface area contributed by atoms with Crippen LogP contribution in [0.2, 0.25) is 5.02 Å². The molecule has 6 heteroatoms. The van der Waals surface area contributed by atoms with Crippen molar-refractivity contribution in [1.29, 1.82) is 0 Å². The molecule has 1 aliphatic carbocycles. The normalized spacial score (nSPS) is 17.3. The molecule has 1 fully saturated rings. The van der Waals surface area contributed by atoms with Gasteiger partial charge in [0.25, 0.3) is 0 Å². The number of fused-ring (bicyclic) bond motifs is 1. The van der Waals surface area contributed by atoms with Crippen molar-refractivity contribution >= 4 is 46.6 Å². The number of rotatable bonds is 3. The number of aromatic nitrogens is 2. The predicted octanol–water partition coefficient (Wildman–Crippen LogP) is 4.39. The summed E-state index contributed by atoms with van der Waals surface area (Å²) in [6.45, 7) is 0.827. The van der Waals surface area contributed by atoms with Gasteiger partial charge in [0, 0.05) is 17.4 Å². The van der Waals surface area contributed by atoms with Crippen molar-refractivity contribution in [2.45, 2.75) is 24.1 Å². The van der Waals surface area contributed by atoms with Crippen molar-refractivity contribution in [3.63, 3.8) is 0 Å². The number of hydrogen-bond donors (Lipinski definition) is 1. The third kappa shape index (κ3) is 1.98. The molecule has 0 amide bonds. The van der Waals surface area contributed by atoms with Crippen molar-refractivity contribution < 1.29 is 4.39 Å². The van der Waals surface area contributed by atoms with Gasteiger partial charge in [-0.05, 0) is 37.4 Å². The Kier molecular flexibility index (Phi) is 2.95. The molecule has 0 aliphatic heterocycles. The molecule has 0 spiro atoms. The number of nitrogens with zero attached hydrogens (tertiary/aromatic N) is 1. The molecule has 0 bridgehead atoms. The summed E-state index contributed by atoms with van der Waals surface area (Å²) in [5.41, 5.74) is 1.59. The van der Waals surface area contributed by atoms with E-state index in [1.807, 2.05) is 16.3 Å². The lowest BCUT2D eigenvalue weighted by atomic mass is 10.3. The Bertz CT molecular complexity index is 673. The second-order valence-electron chi connectivity index (χ2n) is 4.69. The Labute approximate surface area is 119 Å². The van der Waals surface area contributed by atoms with E-state index >= 15 is 0 Å². The van der Waals surface area contributed by atoms with E-state index in [4.69, 9.17) is 23.8 Å². The molecule has 0 radical (unpaired) electrons. The van der Waals surface area contributed by atoms with Crippen LogP contribution in [0.1, 0.15) is 12.8 Å². The molecule has 0 atom stereocenters. The van der Waals surface area contributed by atoms with Crippen LogP contribution in [0.4, 0.5) is 4.39 Å². The lowest BCUT2D eigenvalue weighted by Gasteiger charge is -2.13. The Hall–Kier alpha value is -0.520.